The van der Waals surface area contributed by atoms with Gasteiger partial charge in [-0.05, 0) is 50.5 Å². The van der Waals surface area contributed by atoms with Crippen LogP contribution in [0.15, 0.2) is 47.5 Å². The molecule has 27 heavy (non-hydrogen) atoms. The molecular weight excluding hydrogens is 451 g/mol. The Morgan fingerprint density at radius 2 is 1.74 bits per heavy atom. The molecule has 0 aliphatic rings. The first kappa shape index (κ1) is 23.2. The molecule has 0 aliphatic carbocycles. The monoisotopic (exact) mass is 482 g/mol. The molecule has 148 valence electrons. The predicted octanol–water partition coefficient (Wildman–Crippen LogP) is 3.47. The van der Waals surface area contributed by atoms with Gasteiger partial charge in [-0.1, -0.05) is 42.5 Å². The summed E-state index contributed by atoms with van der Waals surface area (Å²) in [5.41, 5.74) is 1.03. The van der Waals surface area contributed by atoms with Gasteiger partial charge in [0, 0.05) is 18.6 Å². The summed E-state index contributed by atoms with van der Waals surface area (Å²) in [6.07, 6.45) is 0.892. The second kappa shape index (κ2) is 11.1. The number of carbonyl (C=O) groups is 1. The molecule has 0 heterocycles. The maximum Gasteiger partial charge on any atom is 0.242 e. The zero-order valence-electron chi connectivity index (χ0n) is 16.6. The number of guanidine groups is 1. The van der Waals surface area contributed by atoms with Gasteiger partial charge in [0.1, 0.15) is 6.54 Å². The van der Waals surface area contributed by atoms with Gasteiger partial charge in [0.25, 0.3) is 0 Å². The van der Waals surface area contributed by atoms with Crippen LogP contribution in [0, 0.1) is 0 Å². The molecule has 0 spiro atoms. The standard InChI is InChI=1S/C21H30N4O.HI/c1-5-22-20(24-15-19(26)25-21(2,3)4)23-13-12-16-10-11-17-8-6-7-9-18(17)14-16;/h6-11,14H,5,12-13,15H2,1-4H3,(H,25,26)(H2,22,23,24);1H. The molecule has 0 fully saturated rings. The summed E-state index contributed by atoms with van der Waals surface area (Å²) < 4.78 is 0. The van der Waals surface area contributed by atoms with Crippen molar-refractivity contribution < 1.29 is 4.79 Å². The van der Waals surface area contributed by atoms with Gasteiger partial charge in [-0.3, -0.25) is 4.79 Å². The first-order valence-electron chi connectivity index (χ1n) is 9.18. The molecular formula is C21H31IN4O. The van der Waals surface area contributed by atoms with Gasteiger partial charge < -0.3 is 16.0 Å². The van der Waals surface area contributed by atoms with E-state index in [2.05, 4.69) is 63.4 Å². The number of benzene rings is 2. The maximum absolute atomic E-state index is 11.9. The molecule has 0 saturated heterocycles. The Bertz CT molecular complexity index is 768. The second-order valence-electron chi connectivity index (χ2n) is 7.35. The maximum atomic E-state index is 11.9. The Morgan fingerprint density at radius 1 is 1.04 bits per heavy atom. The lowest BCUT2D eigenvalue weighted by molar-refractivity contribution is -0.121. The van der Waals surface area contributed by atoms with Crippen molar-refractivity contribution in [1.82, 2.24) is 16.0 Å². The minimum atomic E-state index is -0.242. The second-order valence-corrected chi connectivity index (χ2v) is 7.35. The number of halogens is 1. The van der Waals surface area contributed by atoms with Gasteiger partial charge in [-0.2, -0.15) is 0 Å². The van der Waals surface area contributed by atoms with Crippen molar-refractivity contribution in [3.8, 4) is 0 Å². The van der Waals surface area contributed by atoms with E-state index in [0.717, 1.165) is 19.5 Å². The van der Waals surface area contributed by atoms with Crippen LogP contribution in [0.5, 0.6) is 0 Å². The molecule has 0 unspecified atom stereocenters. The Hall–Kier alpha value is -1.83. The Balaban J connectivity index is 0.00000364. The van der Waals surface area contributed by atoms with Crippen LogP contribution in [-0.2, 0) is 11.2 Å². The van der Waals surface area contributed by atoms with Crippen LogP contribution in [-0.4, -0.2) is 37.0 Å². The molecule has 1 amide bonds. The van der Waals surface area contributed by atoms with E-state index in [0.29, 0.717) is 5.96 Å². The van der Waals surface area contributed by atoms with Gasteiger partial charge in [0.15, 0.2) is 5.96 Å². The number of carbonyl (C=O) groups excluding carboxylic acids is 1. The highest BCUT2D eigenvalue weighted by atomic mass is 127. The molecule has 0 atom stereocenters. The fourth-order valence-corrected chi connectivity index (χ4v) is 2.67. The molecule has 2 aromatic rings. The van der Waals surface area contributed by atoms with E-state index in [-0.39, 0.29) is 42.0 Å². The summed E-state index contributed by atoms with van der Waals surface area (Å²) >= 11 is 0. The van der Waals surface area contributed by atoms with Gasteiger partial charge in [-0.25, -0.2) is 4.99 Å². The smallest absolute Gasteiger partial charge is 0.242 e. The molecule has 2 rings (SSSR count). The van der Waals surface area contributed by atoms with Gasteiger partial charge in [0.05, 0.1) is 0 Å². The fourth-order valence-electron chi connectivity index (χ4n) is 2.67. The summed E-state index contributed by atoms with van der Waals surface area (Å²) in [6.45, 7) is 9.51. The highest BCUT2D eigenvalue weighted by Gasteiger charge is 2.13. The van der Waals surface area contributed by atoms with Crippen molar-refractivity contribution in [2.45, 2.75) is 39.7 Å². The van der Waals surface area contributed by atoms with E-state index in [1.165, 1.54) is 16.3 Å². The molecule has 0 radical (unpaired) electrons. The van der Waals surface area contributed by atoms with E-state index in [4.69, 9.17) is 0 Å². The quantitative estimate of drug-likeness (QED) is 0.336. The van der Waals surface area contributed by atoms with E-state index < -0.39 is 0 Å². The van der Waals surface area contributed by atoms with Crippen LogP contribution < -0.4 is 16.0 Å². The number of rotatable bonds is 6. The van der Waals surface area contributed by atoms with Gasteiger partial charge in [-0.15, -0.1) is 24.0 Å². The first-order chi connectivity index (χ1) is 12.4. The summed E-state index contributed by atoms with van der Waals surface area (Å²) in [5, 5.41) is 11.9. The average Bonchev–Trinajstić information content (AvgIpc) is 2.58. The summed E-state index contributed by atoms with van der Waals surface area (Å²) in [4.78, 5) is 16.3. The lowest BCUT2D eigenvalue weighted by Gasteiger charge is -2.20. The number of aliphatic imine (C=N–C) groups is 1. The molecule has 5 nitrogen and oxygen atoms in total. The lowest BCUT2D eigenvalue weighted by Crippen LogP contribution is -2.43. The highest BCUT2D eigenvalue weighted by Crippen LogP contribution is 2.15. The topological polar surface area (TPSA) is 65.5 Å². The largest absolute Gasteiger partial charge is 0.357 e. The number of hydrogen-bond acceptors (Lipinski definition) is 2. The summed E-state index contributed by atoms with van der Waals surface area (Å²) in [7, 11) is 0. The third kappa shape index (κ3) is 8.60. The van der Waals surface area contributed by atoms with Crippen molar-refractivity contribution >= 4 is 46.6 Å². The highest BCUT2D eigenvalue weighted by molar-refractivity contribution is 14.0. The zero-order chi connectivity index (χ0) is 19.0. The molecule has 0 aromatic heterocycles. The van der Waals surface area contributed by atoms with Crippen molar-refractivity contribution in [2.24, 2.45) is 4.99 Å². The lowest BCUT2D eigenvalue weighted by atomic mass is 10.1. The van der Waals surface area contributed by atoms with Crippen LogP contribution in [0.3, 0.4) is 0 Å². The van der Waals surface area contributed by atoms with E-state index in [9.17, 15) is 4.79 Å². The minimum Gasteiger partial charge on any atom is -0.357 e. The zero-order valence-corrected chi connectivity index (χ0v) is 19.0. The summed E-state index contributed by atoms with van der Waals surface area (Å²) in [6, 6.07) is 14.9. The van der Waals surface area contributed by atoms with E-state index in [1.54, 1.807) is 0 Å². The van der Waals surface area contributed by atoms with Gasteiger partial charge >= 0.3 is 0 Å². The third-order valence-corrected chi connectivity index (χ3v) is 3.76. The molecule has 0 aliphatic heterocycles. The van der Waals surface area contributed by atoms with Crippen molar-refractivity contribution in [3.05, 3.63) is 48.0 Å². The van der Waals surface area contributed by atoms with Crippen molar-refractivity contribution in [2.75, 3.05) is 19.6 Å². The van der Waals surface area contributed by atoms with Crippen LogP contribution in [0.25, 0.3) is 10.8 Å². The Labute approximate surface area is 179 Å². The summed E-state index contributed by atoms with van der Waals surface area (Å²) in [5.74, 6) is 0.585. The van der Waals surface area contributed by atoms with Crippen molar-refractivity contribution in [3.63, 3.8) is 0 Å². The van der Waals surface area contributed by atoms with Crippen molar-refractivity contribution in [1.29, 1.82) is 0 Å². The normalized spacial score (nSPS) is 11.6. The number of fused-ring (bicyclic) bond motifs is 1. The number of amides is 1. The first-order valence-corrected chi connectivity index (χ1v) is 9.18. The molecule has 2 aromatic carbocycles. The van der Waals surface area contributed by atoms with Crippen LogP contribution in [0.4, 0.5) is 0 Å². The Kier molecular flexibility index (Phi) is 9.55. The fraction of sp³-hybridized carbons (Fsp3) is 0.429. The minimum absolute atomic E-state index is 0. The molecule has 3 N–H and O–H groups in total. The van der Waals surface area contributed by atoms with E-state index in [1.807, 2.05) is 27.7 Å². The van der Waals surface area contributed by atoms with E-state index >= 15 is 0 Å². The third-order valence-electron chi connectivity index (χ3n) is 3.76. The number of nitrogens with one attached hydrogen (secondary N) is 3. The molecule has 0 saturated carbocycles. The van der Waals surface area contributed by atoms with Crippen LogP contribution in [0.1, 0.15) is 33.3 Å². The Morgan fingerprint density at radius 3 is 2.41 bits per heavy atom. The van der Waals surface area contributed by atoms with Gasteiger partial charge in [0.2, 0.25) is 5.91 Å². The molecule has 6 heteroatoms. The molecule has 0 bridgehead atoms. The SMILES string of the molecule is CCNC(=NCC(=O)NC(C)(C)C)NCCc1ccc2ccccc2c1.I. The van der Waals surface area contributed by atoms with Crippen LogP contribution >= 0.6 is 24.0 Å². The number of nitrogens with zero attached hydrogens (tertiary/aromatic N) is 1. The average molecular weight is 482 g/mol. The van der Waals surface area contributed by atoms with Crippen LogP contribution in [0.2, 0.25) is 0 Å². The predicted molar refractivity (Wildman–Crippen MR) is 125 cm³/mol. The number of hydrogen-bond donors (Lipinski definition) is 3.